The maximum absolute atomic E-state index is 10.1. The molecule has 5 nitrogen and oxygen atoms in total. The van der Waals surface area contributed by atoms with Gasteiger partial charge in [-0.05, 0) is 153 Å². The predicted molar refractivity (Wildman–Crippen MR) is 366 cm³/mol. The van der Waals surface area contributed by atoms with E-state index in [0.717, 1.165) is 21.9 Å². The fraction of sp³-hybridized carbons (Fsp3) is 0.122. The van der Waals surface area contributed by atoms with Crippen LogP contribution in [0.5, 0.6) is 11.5 Å². The van der Waals surface area contributed by atoms with Crippen molar-refractivity contribution in [2.45, 2.75) is 66.1 Å². The standard InChI is InChI=1S/C82H66N4OSi.Pt/c1-54-26-24-27-55(2)79(54)72-51-70-66-38-20-18-36-64(66)65-37-19-21-39-67(65)71-49-63(88(60-30-12-9-13-31-60,61-32-14-10-15-33-61)62-34-16-11-17-35-62)50-77-80(71)85(75(70)52-73(72)82(6,7)8)53-84(77)57-28-25-29-58(47-57)87-59-42-43-69-68-40-22-23-41-74(68)86(76(69)48-59)78-46-56(44-45-83-78)81(3,4)5;/h9-46,49-52H,1-8H3;/q-2;/i1D3,2D3,9D,10D,11D,12D,13D,14D,15D,16D,17D,30D,31D,32D,33D,34D,35D;. The van der Waals surface area contributed by atoms with Crippen LogP contribution in [0.25, 0.3) is 94.5 Å². The second kappa shape index (κ2) is 22.3. The minimum absolute atomic E-state index is 0. The van der Waals surface area contributed by atoms with Crippen LogP contribution in [0.4, 0.5) is 0 Å². The Hall–Kier alpha value is -9.45. The zero-order valence-electron chi connectivity index (χ0n) is 70.1. The summed E-state index contributed by atoms with van der Waals surface area (Å²) in [6.07, 6.45) is 5.45. The normalized spacial score (nSPS) is 15.8. The first kappa shape index (κ1) is 38.1. The third-order valence-electron chi connectivity index (χ3n) is 16.7. The smallest absolute Gasteiger partial charge is 0.268 e. The third-order valence-corrected chi connectivity index (χ3v) is 20.8. The summed E-state index contributed by atoms with van der Waals surface area (Å²) < 4.78 is 210. The van der Waals surface area contributed by atoms with Crippen molar-refractivity contribution in [3.05, 3.63) is 295 Å². The van der Waals surface area contributed by atoms with E-state index in [-0.39, 0.29) is 82.1 Å². The molecule has 7 heteroatoms. The van der Waals surface area contributed by atoms with Crippen LogP contribution in [0.3, 0.4) is 0 Å². The van der Waals surface area contributed by atoms with Crippen LogP contribution in [0.2, 0.25) is 0 Å². The predicted octanol–water partition coefficient (Wildman–Crippen LogP) is 17.2. The second-order valence-electron chi connectivity index (χ2n) is 24.0. The van der Waals surface area contributed by atoms with E-state index < -0.39 is 133 Å². The quantitative estimate of drug-likeness (QED) is 0.0625. The molecule has 0 aliphatic carbocycles. The van der Waals surface area contributed by atoms with Crippen molar-refractivity contribution >= 4 is 61.7 Å². The number of hydrogen-bond donors (Lipinski definition) is 0. The molecule has 1 aliphatic rings. The van der Waals surface area contributed by atoms with Crippen LogP contribution in [0, 0.1) is 32.2 Å². The molecule has 0 saturated carbocycles. The van der Waals surface area contributed by atoms with E-state index in [4.69, 9.17) is 22.1 Å². The van der Waals surface area contributed by atoms with E-state index in [9.17, 15) is 16.4 Å². The SMILES string of the molecule is [2H]c1c([2H])c([2H])c([Si](c2cc3c4c(c2)n(-c2[c-]c(Oc5[c-]c6c(cc5)c5ccccc5n6-c5cc(C(C)(C)C)ccn5)ccc2)[c-][n+]4-c2cc(C(C)(C)C)c(-c4c(C([2H])([2H])[2H])cccc4C([2H])([2H])[2H])cc2-c2ccccc2-c2ccccc2-3)(c2c([2H])c([2H])c([2H])c([2H])c2[2H])c2c([2H])c([2H])c([2H])c([2H])c2[2H])c([2H])c1[2H].[Pt]. The maximum Gasteiger partial charge on any atom is 0.268 e. The molecular weight excluding hydrogens is 1280 g/mol. The van der Waals surface area contributed by atoms with E-state index in [1.165, 1.54) is 24.3 Å². The number of fused-ring (bicyclic) bond motifs is 10. The topological polar surface area (TPSA) is 35.9 Å². The van der Waals surface area contributed by atoms with E-state index >= 15 is 0 Å². The van der Waals surface area contributed by atoms with Crippen LogP contribution in [-0.4, -0.2) is 22.2 Å². The van der Waals surface area contributed by atoms with Gasteiger partial charge in [-0.2, -0.15) is 18.2 Å². The average molecular weight is 1370 g/mol. The number of para-hydroxylation sites is 1. The molecule has 1 aliphatic heterocycles. The Labute approximate surface area is 567 Å². The summed E-state index contributed by atoms with van der Waals surface area (Å²) in [5, 5.41) is -0.492. The van der Waals surface area contributed by atoms with E-state index in [0.29, 0.717) is 56.0 Å². The Balaban J connectivity index is 0.0000101. The Kier molecular flexibility index (Phi) is 9.54. The van der Waals surface area contributed by atoms with Crippen molar-refractivity contribution in [2.24, 2.45) is 0 Å². The fourth-order valence-electron chi connectivity index (χ4n) is 12.6. The van der Waals surface area contributed by atoms with Crippen molar-refractivity contribution in [2.75, 3.05) is 0 Å². The molecule has 4 heterocycles. The molecule has 0 spiro atoms. The molecule has 0 saturated heterocycles. The van der Waals surface area contributed by atoms with Crippen molar-refractivity contribution in [3.63, 3.8) is 0 Å². The molecule has 436 valence electrons. The van der Waals surface area contributed by atoms with Crippen molar-refractivity contribution in [3.8, 4) is 73.2 Å². The summed E-state index contributed by atoms with van der Waals surface area (Å²) in [7, 11) is -5.91. The number of ether oxygens (including phenoxy) is 1. The molecule has 0 amide bonds. The third kappa shape index (κ3) is 9.64. The zero-order valence-corrected chi connectivity index (χ0v) is 52.4. The Morgan fingerprint density at radius 3 is 1.71 bits per heavy atom. The average Bonchev–Trinajstić information content (AvgIpc) is 1.42. The first-order valence-electron chi connectivity index (χ1n) is 39.3. The number of hydrogen-bond acceptors (Lipinski definition) is 2. The number of pyridine rings is 1. The van der Waals surface area contributed by atoms with Crippen LogP contribution in [0.15, 0.2) is 255 Å². The minimum atomic E-state index is -5.91. The van der Waals surface area contributed by atoms with Gasteiger partial charge in [0.05, 0.1) is 37.3 Å². The Morgan fingerprint density at radius 1 is 0.506 bits per heavy atom. The van der Waals surface area contributed by atoms with Gasteiger partial charge in [-0.15, -0.1) is 29.7 Å². The van der Waals surface area contributed by atoms with Gasteiger partial charge in [-0.25, -0.2) is 4.98 Å². The zero-order chi connectivity index (χ0) is 78.1. The molecule has 3 aromatic heterocycles. The van der Waals surface area contributed by atoms with Gasteiger partial charge >= 0.3 is 0 Å². The van der Waals surface area contributed by atoms with Gasteiger partial charge in [-0.1, -0.05) is 235 Å². The molecule has 0 fully saturated rings. The van der Waals surface area contributed by atoms with Crippen LogP contribution >= 0.6 is 0 Å². The number of rotatable bonds is 9. The van der Waals surface area contributed by atoms with Crippen molar-refractivity contribution in [1.29, 1.82) is 0 Å². The number of nitrogens with zero attached hydrogens (tertiary/aromatic N) is 4. The summed E-state index contributed by atoms with van der Waals surface area (Å²) in [5.41, 5.74) is 5.48. The number of benzene rings is 11. The van der Waals surface area contributed by atoms with Crippen LogP contribution in [-0.2, 0) is 31.9 Å². The summed E-state index contributed by atoms with van der Waals surface area (Å²) >= 11 is 0. The van der Waals surface area contributed by atoms with Gasteiger partial charge < -0.3 is 13.9 Å². The molecule has 0 N–H and O–H groups in total. The van der Waals surface area contributed by atoms with Crippen molar-refractivity contribution in [1.82, 2.24) is 14.1 Å². The Morgan fingerprint density at radius 2 is 1.09 bits per heavy atom. The van der Waals surface area contributed by atoms with Gasteiger partial charge in [0.2, 0.25) is 0 Å². The van der Waals surface area contributed by atoms with Gasteiger partial charge in [0.1, 0.15) is 5.82 Å². The van der Waals surface area contributed by atoms with E-state index in [2.05, 4.69) is 39.2 Å². The Bertz CT molecular complexity index is 5960. The van der Waals surface area contributed by atoms with Gasteiger partial charge in [0.15, 0.2) is 8.07 Å². The fourth-order valence-corrected chi connectivity index (χ4v) is 16.4. The largest absolute Gasteiger partial charge is 0.510 e. The number of aryl methyl sites for hydroxylation is 2. The van der Waals surface area contributed by atoms with E-state index in [1.807, 2.05) is 104 Å². The summed E-state index contributed by atoms with van der Waals surface area (Å²) in [6.45, 7) is 6.45. The number of aromatic nitrogens is 4. The van der Waals surface area contributed by atoms with Crippen LogP contribution < -0.4 is 30.1 Å². The molecule has 15 rings (SSSR count). The first-order valence-corrected chi connectivity index (χ1v) is 30.8. The molecule has 0 radical (unpaired) electrons. The van der Waals surface area contributed by atoms with Crippen LogP contribution in [0.1, 0.15) is 92.6 Å². The number of imidazole rings is 1. The maximum atomic E-state index is 10.1. The molecular formula is C82H66N4OPtSi-2. The molecule has 11 aromatic carbocycles. The first-order chi connectivity index (χ1) is 51.4. The minimum Gasteiger partial charge on any atom is -0.510 e. The van der Waals surface area contributed by atoms with Crippen molar-refractivity contribution < 1.29 is 59.2 Å². The van der Waals surface area contributed by atoms with Gasteiger partial charge in [-0.3, -0.25) is 4.57 Å². The summed E-state index contributed by atoms with van der Waals surface area (Å²) in [5.74, 6) is 1.06. The van der Waals surface area contributed by atoms with E-state index in [1.54, 1.807) is 69.9 Å². The molecule has 0 atom stereocenters. The second-order valence-corrected chi connectivity index (χ2v) is 27.6. The molecule has 0 unspecified atom stereocenters. The monoisotopic (exact) mass is 1370 g/mol. The summed E-state index contributed by atoms with van der Waals surface area (Å²) in [6, 6.07) is 39.4. The molecule has 89 heavy (non-hydrogen) atoms. The van der Waals surface area contributed by atoms with Gasteiger partial charge in [0, 0.05) is 52.5 Å². The van der Waals surface area contributed by atoms with Gasteiger partial charge in [0.25, 0.3) is 6.33 Å². The summed E-state index contributed by atoms with van der Waals surface area (Å²) in [4.78, 5) is 4.87. The molecule has 0 bridgehead atoms. The molecule has 14 aromatic rings.